The highest BCUT2D eigenvalue weighted by Gasteiger charge is 2.17. The van der Waals surface area contributed by atoms with Crippen molar-refractivity contribution in [3.05, 3.63) is 60.0 Å². The van der Waals surface area contributed by atoms with Gasteiger partial charge in [0.2, 0.25) is 0 Å². The Hall–Kier alpha value is -1.94. The average Bonchev–Trinajstić information content (AvgIpc) is 2.55. The van der Waals surface area contributed by atoms with Gasteiger partial charge in [0, 0.05) is 22.7 Å². The first-order valence-corrected chi connectivity index (χ1v) is 8.14. The van der Waals surface area contributed by atoms with Crippen molar-refractivity contribution >= 4 is 26.8 Å². The molecule has 3 rings (SSSR count). The second-order valence-corrected chi connectivity index (χ2v) is 5.73. The number of nitrogens with zero attached hydrogens (tertiary/aromatic N) is 1. The van der Waals surface area contributed by atoms with Gasteiger partial charge in [-0.1, -0.05) is 46.3 Å². The van der Waals surface area contributed by atoms with Crippen LogP contribution in [0.15, 0.2) is 48.5 Å². The van der Waals surface area contributed by atoms with Gasteiger partial charge in [-0.25, -0.2) is 4.39 Å². The second kappa shape index (κ2) is 6.44. The van der Waals surface area contributed by atoms with Crippen LogP contribution < -0.4 is 4.74 Å². The van der Waals surface area contributed by atoms with Crippen molar-refractivity contribution in [2.24, 2.45) is 0 Å². The molecule has 0 amide bonds. The van der Waals surface area contributed by atoms with Crippen LogP contribution in [-0.2, 0) is 6.42 Å². The first-order valence-electron chi connectivity index (χ1n) is 7.02. The maximum Gasteiger partial charge on any atom is 0.138 e. The van der Waals surface area contributed by atoms with Crippen LogP contribution in [0.25, 0.3) is 22.0 Å². The summed E-state index contributed by atoms with van der Waals surface area (Å²) in [4.78, 5) is 4.71. The number of ether oxygens (including phenoxy) is 1. The van der Waals surface area contributed by atoms with Crippen LogP contribution >= 0.6 is 15.9 Å². The zero-order chi connectivity index (χ0) is 15.5. The van der Waals surface area contributed by atoms with E-state index in [0.717, 1.165) is 34.1 Å². The van der Waals surface area contributed by atoms with E-state index < -0.39 is 0 Å². The Morgan fingerprint density at radius 3 is 2.59 bits per heavy atom. The Balaban J connectivity index is 2.38. The molecule has 1 heterocycles. The molecule has 0 saturated carbocycles. The summed E-state index contributed by atoms with van der Waals surface area (Å²) in [7, 11) is 1.62. The van der Waals surface area contributed by atoms with E-state index in [9.17, 15) is 4.39 Å². The molecule has 0 spiro atoms. The molecule has 0 unspecified atom stereocenters. The molecule has 1 aromatic heterocycles. The summed E-state index contributed by atoms with van der Waals surface area (Å²) < 4.78 is 19.3. The van der Waals surface area contributed by atoms with Gasteiger partial charge in [-0.2, -0.15) is 0 Å². The number of aromatic nitrogens is 1. The molecule has 2 aromatic carbocycles. The lowest BCUT2D eigenvalue weighted by atomic mass is 9.98. The van der Waals surface area contributed by atoms with Crippen molar-refractivity contribution in [2.75, 3.05) is 12.4 Å². The van der Waals surface area contributed by atoms with Crippen molar-refractivity contribution < 1.29 is 9.13 Å². The second-order valence-electron chi connectivity index (χ2n) is 4.93. The fraction of sp³-hybridized carbons (Fsp3) is 0.167. The van der Waals surface area contributed by atoms with E-state index in [1.165, 1.54) is 12.1 Å². The first-order chi connectivity index (χ1) is 10.7. The number of aryl methyl sites for hydroxylation is 1. The largest absolute Gasteiger partial charge is 0.495 e. The van der Waals surface area contributed by atoms with Gasteiger partial charge < -0.3 is 4.74 Å². The van der Waals surface area contributed by atoms with Crippen LogP contribution in [0.2, 0.25) is 0 Å². The minimum absolute atomic E-state index is 0.292. The Morgan fingerprint density at radius 1 is 1.14 bits per heavy atom. The van der Waals surface area contributed by atoms with Gasteiger partial charge >= 0.3 is 0 Å². The highest BCUT2D eigenvalue weighted by atomic mass is 79.9. The molecule has 0 aliphatic heterocycles. The molecule has 2 nitrogen and oxygen atoms in total. The molecule has 0 N–H and O–H groups in total. The molecule has 112 valence electrons. The van der Waals surface area contributed by atoms with Gasteiger partial charge in [-0.15, -0.1) is 0 Å². The predicted molar refractivity (Wildman–Crippen MR) is 91.2 cm³/mol. The van der Waals surface area contributed by atoms with Crippen LogP contribution in [0, 0.1) is 5.82 Å². The molecule has 0 fully saturated rings. The molecule has 0 saturated heterocycles. The van der Waals surface area contributed by atoms with Gasteiger partial charge in [0.25, 0.3) is 0 Å². The summed E-state index contributed by atoms with van der Waals surface area (Å²) >= 11 is 3.47. The smallest absolute Gasteiger partial charge is 0.138 e. The standard InChI is InChI=1S/C18H15BrFNO/c1-22-18-14-11-13(20)7-8-15(14)21-16(9-10-19)17(18)12-5-3-2-4-6-12/h2-8,11H,9-10H2,1H3. The zero-order valence-electron chi connectivity index (χ0n) is 12.1. The molecule has 0 aliphatic carbocycles. The molecule has 0 bridgehead atoms. The van der Waals surface area contributed by atoms with Crippen LogP contribution in [-0.4, -0.2) is 17.4 Å². The van der Waals surface area contributed by atoms with E-state index in [4.69, 9.17) is 9.72 Å². The summed E-state index contributed by atoms with van der Waals surface area (Å²) in [5, 5.41) is 1.50. The third-order valence-electron chi connectivity index (χ3n) is 3.57. The van der Waals surface area contributed by atoms with E-state index in [-0.39, 0.29) is 5.82 Å². The summed E-state index contributed by atoms with van der Waals surface area (Å²) in [6.07, 6.45) is 0.772. The lowest BCUT2D eigenvalue weighted by Gasteiger charge is -2.16. The van der Waals surface area contributed by atoms with Gasteiger partial charge in [-0.05, 0) is 23.8 Å². The number of hydrogen-bond acceptors (Lipinski definition) is 2. The van der Waals surface area contributed by atoms with Crippen molar-refractivity contribution in [2.45, 2.75) is 6.42 Å². The number of fused-ring (bicyclic) bond motifs is 1. The molecule has 3 aromatic rings. The summed E-state index contributed by atoms with van der Waals surface area (Å²) in [6, 6.07) is 14.5. The molecule has 22 heavy (non-hydrogen) atoms. The van der Waals surface area contributed by atoms with Crippen LogP contribution in [0.5, 0.6) is 5.75 Å². The van der Waals surface area contributed by atoms with E-state index >= 15 is 0 Å². The SMILES string of the molecule is COc1c(-c2ccccc2)c(CCBr)nc2ccc(F)cc12. The number of pyridine rings is 1. The van der Waals surface area contributed by atoms with Crippen molar-refractivity contribution in [1.82, 2.24) is 4.98 Å². The molecule has 0 radical (unpaired) electrons. The number of halogens is 2. The fourth-order valence-corrected chi connectivity index (χ4v) is 3.02. The molecule has 0 atom stereocenters. The van der Waals surface area contributed by atoms with Crippen molar-refractivity contribution in [1.29, 1.82) is 0 Å². The van der Waals surface area contributed by atoms with E-state index in [0.29, 0.717) is 11.1 Å². The molecular formula is C18H15BrFNO. The number of hydrogen-bond donors (Lipinski definition) is 0. The number of rotatable bonds is 4. The summed E-state index contributed by atoms with van der Waals surface area (Å²) in [6.45, 7) is 0. The van der Waals surface area contributed by atoms with Crippen LogP contribution in [0.3, 0.4) is 0 Å². The highest BCUT2D eigenvalue weighted by molar-refractivity contribution is 9.09. The van der Waals surface area contributed by atoms with Crippen molar-refractivity contribution in [3.8, 4) is 16.9 Å². The van der Waals surface area contributed by atoms with Gasteiger partial charge in [0.05, 0.1) is 18.3 Å². The first kappa shape index (κ1) is 15.0. The quantitative estimate of drug-likeness (QED) is 0.612. The van der Waals surface area contributed by atoms with Crippen molar-refractivity contribution in [3.63, 3.8) is 0 Å². The van der Waals surface area contributed by atoms with Gasteiger partial charge in [0.1, 0.15) is 11.6 Å². The minimum Gasteiger partial charge on any atom is -0.495 e. The molecule has 4 heteroatoms. The number of benzene rings is 2. The topological polar surface area (TPSA) is 22.1 Å². The Morgan fingerprint density at radius 2 is 1.91 bits per heavy atom. The highest BCUT2D eigenvalue weighted by Crippen LogP contribution is 2.38. The van der Waals surface area contributed by atoms with Gasteiger partial charge in [-0.3, -0.25) is 4.98 Å². The Labute approximate surface area is 137 Å². The Kier molecular flexibility index (Phi) is 4.39. The summed E-state index contributed by atoms with van der Waals surface area (Å²) in [5.74, 6) is 0.381. The summed E-state index contributed by atoms with van der Waals surface area (Å²) in [5.41, 5.74) is 3.64. The lowest BCUT2D eigenvalue weighted by molar-refractivity contribution is 0.420. The molecule has 0 aliphatic rings. The Bertz CT molecular complexity index is 805. The fourth-order valence-electron chi connectivity index (χ4n) is 2.64. The maximum absolute atomic E-state index is 13.6. The average molecular weight is 360 g/mol. The maximum atomic E-state index is 13.6. The third-order valence-corrected chi connectivity index (χ3v) is 3.97. The lowest BCUT2D eigenvalue weighted by Crippen LogP contribution is -2.01. The normalized spacial score (nSPS) is 10.9. The molecular weight excluding hydrogens is 345 g/mol. The van der Waals surface area contributed by atoms with E-state index in [1.54, 1.807) is 13.2 Å². The minimum atomic E-state index is -0.292. The van der Waals surface area contributed by atoms with Crippen LogP contribution in [0.4, 0.5) is 4.39 Å². The number of alkyl halides is 1. The van der Waals surface area contributed by atoms with Crippen LogP contribution in [0.1, 0.15) is 5.69 Å². The van der Waals surface area contributed by atoms with Gasteiger partial charge in [0.15, 0.2) is 0 Å². The third kappa shape index (κ3) is 2.71. The predicted octanol–water partition coefficient (Wildman–Crippen LogP) is 4.99. The van der Waals surface area contributed by atoms with E-state index in [1.807, 2.05) is 30.3 Å². The zero-order valence-corrected chi connectivity index (χ0v) is 13.7. The van der Waals surface area contributed by atoms with E-state index in [2.05, 4.69) is 15.9 Å². The monoisotopic (exact) mass is 359 g/mol. The number of methoxy groups -OCH3 is 1.